The van der Waals surface area contributed by atoms with E-state index in [1.165, 1.54) is 0 Å². The van der Waals surface area contributed by atoms with Gasteiger partial charge in [0, 0.05) is 19.1 Å². The number of carbonyl (C=O) groups excluding carboxylic acids is 1. The highest BCUT2D eigenvalue weighted by atomic mass is 32.2. The maximum absolute atomic E-state index is 11.6. The third kappa shape index (κ3) is 2.36. The summed E-state index contributed by atoms with van der Waals surface area (Å²) in [6.45, 7) is 0.775. The number of sulfone groups is 1. The van der Waals surface area contributed by atoms with E-state index in [1.54, 1.807) is 4.90 Å². The van der Waals surface area contributed by atoms with Crippen LogP contribution in [0, 0.1) is 0 Å². The van der Waals surface area contributed by atoms with E-state index in [-0.39, 0.29) is 36.2 Å². The molecule has 2 atom stereocenters. The first-order valence-electron chi connectivity index (χ1n) is 5.33. The summed E-state index contributed by atoms with van der Waals surface area (Å²) >= 11 is 0. The lowest BCUT2D eigenvalue weighted by molar-refractivity contribution is -0.150. The van der Waals surface area contributed by atoms with E-state index in [9.17, 15) is 13.2 Å². The Morgan fingerprint density at radius 1 is 1.50 bits per heavy atom. The van der Waals surface area contributed by atoms with E-state index in [1.807, 2.05) is 0 Å². The molecule has 92 valence electrons. The molecule has 0 saturated carbocycles. The number of ether oxygens (including phenoxy) is 1. The van der Waals surface area contributed by atoms with Gasteiger partial charge >= 0.3 is 0 Å². The SMILES string of the molecule is NCC1CN(C2CCS(=O)(=O)C2)C(=O)CO1. The monoisotopic (exact) mass is 248 g/mol. The summed E-state index contributed by atoms with van der Waals surface area (Å²) < 4.78 is 27.9. The fraction of sp³-hybridized carbons (Fsp3) is 0.889. The smallest absolute Gasteiger partial charge is 0.248 e. The zero-order valence-electron chi connectivity index (χ0n) is 8.96. The second-order valence-electron chi connectivity index (χ2n) is 4.27. The second-order valence-corrected chi connectivity index (χ2v) is 6.50. The van der Waals surface area contributed by atoms with Gasteiger partial charge in [0.2, 0.25) is 5.91 Å². The van der Waals surface area contributed by atoms with Crippen LogP contribution in [0.4, 0.5) is 0 Å². The first kappa shape index (κ1) is 11.8. The predicted octanol–water partition coefficient (Wildman–Crippen LogP) is -1.64. The number of rotatable bonds is 2. The van der Waals surface area contributed by atoms with Crippen molar-refractivity contribution in [2.24, 2.45) is 5.73 Å². The molecule has 7 heteroatoms. The standard InChI is InChI=1S/C9H16N2O4S/c10-3-8-4-11(9(12)5-15-8)7-1-2-16(13,14)6-7/h7-8H,1-6,10H2. The summed E-state index contributed by atoms with van der Waals surface area (Å²) in [6.07, 6.45) is 0.367. The summed E-state index contributed by atoms with van der Waals surface area (Å²) in [5.74, 6) is 0.123. The van der Waals surface area contributed by atoms with Crippen LogP contribution in [-0.4, -0.2) is 62.6 Å². The van der Waals surface area contributed by atoms with Gasteiger partial charge in [0.1, 0.15) is 6.61 Å². The van der Waals surface area contributed by atoms with Gasteiger partial charge in [-0.05, 0) is 6.42 Å². The van der Waals surface area contributed by atoms with Crippen LogP contribution in [-0.2, 0) is 19.4 Å². The number of amides is 1. The molecule has 2 saturated heterocycles. The van der Waals surface area contributed by atoms with Crippen molar-refractivity contribution in [3.05, 3.63) is 0 Å². The highest BCUT2D eigenvalue weighted by Crippen LogP contribution is 2.20. The van der Waals surface area contributed by atoms with E-state index in [4.69, 9.17) is 10.5 Å². The Bertz CT molecular complexity index is 381. The minimum Gasteiger partial charge on any atom is -0.365 e. The third-order valence-electron chi connectivity index (χ3n) is 3.08. The van der Waals surface area contributed by atoms with Crippen LogP contribution in [0.25, 0.3) is 0 Å². The van der Waals surface area contributed by atoms with E-state index in [2.05, 4.69) is 0 Å². The average Bonchev–Trinajstić information content (AvgIpc) is 2.59. The Balaban J connectivity index is 2.05. The Kier molecular flexibility index (Phi) is 3.18. The van der Waals surface area contributed by atoms with E-state index in [0.717, 1.165) is 0 Å². The van der Waals surface area contributed by atoms with Crippen molar-refractivity contribution in [2.45, 2.75) is 18.6 Å². The van der Waals surface area contributed by atoms with Gasteiger partial charge in [-0.2, -0.15) is 0 Å². The molecule has 0 aromatic carbocycles. The normalized spacial score (nSPS) is 34.3. The van der Waals surface area contributed by atoms with Crippen molar-refractivity contribution in [3.8, 4) is 0 Å². The van der Waals surface area contributed by atoms with E-state index >= 15 is 0 Å². The number of hydrogen-bond acceptors (Lipinski definition) is 5. The zero-order valence-corrected chi connectivity index (χ0v) is 9.78. The fourth-order valence-electron chi connectivity index (χ4n) is 2.16. The second kappa shape index (κ2) is 4.31. The fourth-order valence-corrected chi connectivity index (χ4v) is 3.89. The molecule has 2 aliphatic heterocycles. The summed E-state index contributed by atoms with van der Waals surface area (Å²) in [5.41, 5.74) is 5.48. The van der Waals surface area contributed by atoms with Crippen molar-refractivity contribution in [2.75, 3.05) is 31.2 Å². The van der Waals surface area contributed by atoms with Crippen LogP contribution in [0.1, 0.15) is 6.42 Å². The minimum atomic E-state index is -2.96. The third-order valence-corrected chi connectivity index (χ3v) is 4.83. The molecule has 0 aromatic rings. The van der Waals surface area contributed by atoms with Crippen LogP contribution < -0.4 is 5.73 Å². The molecule has 2 N–H and O–H groups in total. The van der Waals surface area contributed by atoms with Gasteiger partial charge in [0.15, 0.2) is 9.84 Å². The van der Waals surface area contributed by atoms with Crippen molar-refractivity contribution in [1.29, 1.82) is 0 Å². The highest BCUT2D eigenvalue weighted by molar-refractivity contribution is 7.91. The van der Waals surface area contributed by atoms with Crippen molar-refractivity contribution >= 4 is 15.7 Å². The number of carbonyl (C=O) groups is 1. The molecule has 2 rings (SSSR count). The molecule has 0 spiro atoms. The molecule has 2 aliphatic rings. The van der Waals surface area contributed by atoms with Gasteiger partial charge in [-0.15, -0.1) is 0 Å². The van der Waals surface area contributed by atoms with E-state index in [0.29, 0.717) is 19.5 Å². The summed E-state index contributed by atoms with van der Waals surface area (Å²) in [5, 5.41) is 0. The minimum absolute atomic E-state index is 0.0123. The van der Waals surface area contributed by atoms with Gasteiger partial charge in [0.25, 0.3) is 0 Å². The van der Waals surface area contributed by atoms with Gasteiger partial charge in [-0.1, -0.05) is 0 Å². The van der Waals surface area contributed by atoms with Crippen molar-refractivity contribution in [3.63, 3.8) is 0 Å². The average molecular weight is 248 g/mol. The number of nitrogens with zero attached hydrogens (tertiary/aromatic N) is 1. The van der Waals surface area contributed by atoms with Gasteiger partial charge < -0.3 is 15.4 Å². The van der Waals surface area contributed by atoms with Crippen LogP contribution in [0.5, 0.6) is 0 Å². The first-order valence-corrected chi connectivity index (χ1v) is 7.15. The molecule has 6 nitrogen and oxygen atoms in total. The van der Waals surface area contributed by atoms with E-state index < -0.39 is 9.84 Å². The summed E-state index contributed by atoms with van der Waals surface area (Å²) in [6, 6.07) is -0.185. The maximum atomic E-state index is 11.6. The maximum Gasteiger partial charge on any atom is 0.248 e. The summed E-state index contributed by atoms with van der Waals surface area (Å²) in [4.78, 5) is 13.2. The largest absolute Gasteiger partial charge is 0.365 e. The van der Waals surface area contributed by atoms with Crippen LogP contribution >= 0.6 is 0 Å². The van der Waals surface area contributed by atoms with Gasteiger partial charge in [-0.3, -0.25) is 4.79 Å². The lowest BCUT2D eigenvalue weighted by atomic mass is 10.1. The van der Waals surface area contributed by atoms with Crippen LogP contribution in [0.3, 0.4) is 0 Å². The molecule has 0 bridgehead atoms. The number of nitrogens with two attached hydrogens (primary N) is 1. The highest BCUT2D eigenvalue weighted by Gasteiger charge is 2.37. The molecule has 2 unspecified atom stereocenters. The first-order chi connectivity index (χ1) is 7.52. The molecule has 2 fully saturated rings. The number of hydrogen-bond donors (Lipinski definition) is 1. The lowest BCUT2D eigenvalue weighted by Gasteiger charge is -2.35. The topological polar surface area (TPSA) is 89.7 Å². The van der Waals surface area contributed by atoms with Gasteiger partial charge in [0.05, 0.1) is 17.6 Å². The molecule has 1 amide bonds. The number of morpholine rings is 1. The van der Waals surface area contributed by atoms with Gasteiger partial charge in [-0.25, -0.2) is 8.42 Å². The quantitative estimate of drug-likeness (QED) is 0.633. The predicted molar refractivity (Wildman–Crippen MR) is 57.6 cm³/mol. The van der Waals surface area contributed by atoms with Crippen molar-refractivity contribution < 1.29 is 17.9 Å². The molecule has 0 aliphatic carbocycles. The molecule has 16 heavy (non-hydrogen) atoms. The Morgan fingerprint density at radius 2 is 2.25 bits per heavy atom. The Labute approximate surface area is 94.6 Å². The van der Waals surface area contributed by atoms with Crippen LogP contribution in [0.15, 0.2) is 0 Å². The van der Waals surface area contributed by atoms with Crippen molar-refractivity contribution in [1.82, 2.24) is 4.90 Å². The molecule has 0 radical (unpaired) electrons. The molecule has 2 heterocycles. The zero-order chi connectivity index (χ0) is 11.8. The Hall–Kier alpha value is -0.660. The Morgan fingerprint density at radius 3 is 2.81 bits per heavy atom. The molecular formula is C9H16N2O4S. The lowest BCUT2D eigenvalue weighted by Crippen LogP contribution is -2.53. The molecule has 0 aromatic heterocycles. The van der Waals surface area contributed by atoms with Crippen LogP contribution in [0.2, 0.25) is 0 Å². The molecular weight excluding hydrogens is 232 g/mol. The summed E-state index contributed by atoms with van der Waals surface area (Å²) in [7, 11) is -2.96.